The van der Waals surface area contributed by atoms with Gasteiger partial charge in [-0.2, -0.15) is 0 Å². The van der Waals surface area contributed by atoms with Crippen LogP contribution in [0.5, 0.6) is 11.5 Å². The van der Waals surface area contributed by atoms with Crippen molar-refractivity contribution in [3.63, 3.8) is 0 Å². The SMILES string of the molecule is CCCCN1C(=O)S/C(=C\c2ccc(OCc3cccc(Cl)c3)c(OCC)c2)C1=O. The second-order valence-corrected chi connectivity index (χ2v) is 8.17. The van der Waals surface area contributed by atoms with Crippen molar-refractivity contribution in [1.29, 1.82) is 0 Å². The Labute approximate surface area is 186 Å². The normalized spacial score (nSPS) is 15.2. The molecule has 1 aliphatic heterocycles. The number of rotatable bonds is 9. The lowest BCUT2D eigenvalue weighted by Gasteiger charge is -2.13. The van der Waals surface area contributed by atoms with Gasteiger partial charge < -0.3 is 9.47 Å². The molecule has 1 fully saturated rings. The molecule has 158 valence electrons. The average molecular weight is 446 g/mol. The fourth-order valence-corrected chi connectivity index (χ4v) is 4.03. The number of benzene rings is 2. The van der Waals surface area contributed by atoms with Crippen LogP contribution in [0.15, 0.2) is 47.4 Å². The van der Waals surface area contributed by atoms with Crippen LogP contribution in [-0.2, 0) is 11.4 Å². The van der Waals surface area contributed by atoms with E-state index in [0.717, 1.165) is 35.7 Å². The summed E-state index contributed by atoms with van der Waals surface area (Å²) in [5.74, 6) is 0.946. The lowest BCUT2D eigenvalue weighted by atomic mass is 10.1. The van der Waals surface area contributed by atoms with Gasteiger partial charge in [0.15, 0.2) is 11.5 Å². The molecule has 30 heavy (non-hydrogen) atoms. The molecule has 0 atom stereocenters. The van der Waals surface area contributed by atoms with E-state index in [1.807, 2.05) is 56.3 Å². The molecule has 5 nitrogen and oxygen atoms in total. The highest BCUT2D eigenvalue weighted by atomic mass is 35.5. The summed E-state index contributed by atoms with van der Waals surface area (Å²) in [6.07, 6.45) is 3.45. The summed E-state index contributed by atoms with van der Waals surface area (Å²) in [7, 11) is 0. The van der Waals surface area contributed by atoms with Gasteiger partial charge in [0.2, 0.25) is 0 Å². The second kappa shape index (κ2) is 10.5. The second-order valence-electron chi connectivity index (χ2n) is 6.74. The van der Waals surface area contributed by atoms with Crippen molar-refractivity contribution in [3.8, 4) is 11.5 Å². The van der Waals surface area contributed by atoms with Crippen molar-refractivity contribution in [2.75, 3.05) is 13.2 Å². The van der Waals surface area contributed by atoms with E-state index >= 15 is 0 Å². The largest absolute Gasteiger partial charge is 0.490 e. The lowest BCUT2D eigenvalue weighted by molar-refractivity contribution is -0.122. The molecular formula is C23H24ClNO4S. The number of halogens is 1. The van der Waals surface area contributed by atoms with E-state index in [4.69, 9.17) is 21.1 Å². The van der Waals surface area contributed by atoms with Crippen LogP contribution in [0.25, 0.3) is 6.08 Å². The van der Waals surface area contributed by atoms with E-state index in [2.05, 4.69) is 0 Å². The van der Waals surface area contributed by atoms with E-state index in [-0.39, 0.29) is 11.1 Å². The molecule has 1 saturated heterocycles. The Morgan fingerprint density at radius 2 is 1.90 bits per heavy atom. The zero-order chi connectivity index (χ0) is 21.5. The van der Waals surface area contributed by atoms with Crippen LogP contribution < -0.4 is 9.47 Å². The monoisotopic (exact) mass is 445 g/mol. The van der Waals surface area contributed by atoms with Crippen LogP contribution in [0.4, 0.5) is 4.79 Å². The minimum atomic E-state index is -0.238. The number of carbonyl (C=O) groups excluding carboxylic acids is 2. The van der Waals surface area contributed by atoms with E-state index in [9.17, 15) is 9.59 Å². The molecule has 7 heteroatoms. The van der Waals surface area contributed by atoms with Crippen LogP contribution in [0.2, 0.25) is 5.02 Å². The van der Waals surface area contributed by atoms with E-state index in [0.29, 0.717) is 41.2 Å². The Kier molecular flexibility index (Phi) is 7.82. The number of hydrogen-bond donors (Lipinski definition) is 0. The summed E-state index contributed by atoms with van der Waals surface area (Å²) < 4.78 is 11.6. The zero-order valence-electron chi connectivity index (χ0n) is 17.0. The van der Waals surface area contributed by atoms with Crippen molar-refractivity contribution in [2.24, 2.45) is 0 Å². The molecule has 0 bridgehead atoms. The maximum absolute atomic E-state index is 12.5. The number of hydrogen-bond acceptors (Lipinski definition) is 5. The van der Waals surface area contributed by atoms with Crippen LogP contribution in [0.1, 0.15) is 37.8 Å². The summed E-state index contributed by atoms with van der Waals surface area (Å²) >= 11 is 7.00. The van der Waals surface area contributed by atoms with Gasteiger partial charge >= 0.3 is 0 Å². The van der Waals surface area contributed by atoms with E-state index in [1.54, 1.807) is 6.08 Å². The number of amides is 2. The minimum absolute atomic E-state index is 0.216. The smallest absolute Gasteiger partial charge is 0.293 e. The van der Waals surface area contributed by atoms with E-state index < -0.39 is 0 Å². The molecule has 0 aliphatic carbocycles. The summed E-state index contributed by atoms with van der Waals surface area (Å²) in [6, 6.07) is 13.0. The van der Waals surface area contributed by atoms with Gasteiger partial charge in [0, 0.05) is 11.6 Å². The molecule has 0 radical (unpaired) electrons. The van der Waals surface area contributed by atoms with Gasteiger partial charge in [-0.25, -0.2) is 0 Å². The predicted molar refractivity (Wildman–Crippen MR) is 121 cm³/mol. The first-order valence-corrected chi connectivity index (χ1v) is 11.1. The maximum atomic E-state index is 12.5. The van der Waals surface area contributed by atoms with Gasteiger partial charge in [0.25, 0.3) is 11.1 Å². The number of imide groups is 1. The molecule has 0 saturated carbocycles. The minimum Gasteiger partial charge on any atom is -0.490 e. The van der Waals surface area contributed by atoms with Crippen molar-refractivity contribution < 1.29 is 19.1 Å². The molecule has 0 unspecified atom stereocenters. The number of nitrogens with zero attached hydrogens (tertiary/aromatic N) is 1. The Balaban J connectivity index is 1.76. The van der Waals surface area contributed by atoms with Crippen LogP contribution in [0, 0.1) is 0 Å². The Bertz CT molecular complexity index is 960. The lowest BCUT2D eigenvalue weighted by Crippen LogP contribution is -2.29. The topological polar surface area (TPSA) is 55.8 Å². The molecule has 1 heterocycles. The van der Waals surface area contributed by atoms with Gasteiger partial charge in [-0.3, -0.25) is 14.5 Å². The summed E-state index contributed by atoms with van der Waals surface area (Å²) in [6.45, 7) is 5.21. The summed E-state index contributed by atoms with van der Waals surface area (Å²) in [5, 5.41) is 0.440. The fraction of sp³-hybridized carbons (Fsp3) is 0.304. The summed E-state index contributed by atoms with van der Waals surface area (Å²) in [5.41, 5.74) is 1.73. The molecule has 2 amide bonds. The van der Waals surface area contributed by atoms with E-state index in [1.165, 1.54) is 4.90 Å². The Morgan fingerprint density at radius 3 is 2.63 bits per heavy atom. The van der Waals surface area contributed by atoms with Crippen molar-refractivity contribution in [3.05, 3.63) is 63.5 Å². The quantitative estimate of drug-likeness (QED) is 0.433. The standard InChI is InChI=1S/C23H24ClNO4S/c1-3-5-11-25-22(26)21(30-23(25)27)14-16-9-10-19(20(13-16)28-4-2)29-15-17-7-6-8-18(24)12-17/h6-10,12-14H,3-5,11,15H2,1-2H3/b21-14-. The zero-order valence-corrected chi connectivity index (χ0v) is 18.6. The molecular weight excluding hydrogens is 422 g/mol. The third kappa shape index (κ3) is 5.58. The van der Waals surface area contributed by atoms with Gasteiger partial charge in [-0.05, 0) is 66.6 Å². The maximum Gasteiger partial charge on any atom is 0.293 e. The van der Waals surface area contributed by atoms with Crippen LogP contribution >= 0.6 is 23.4 Å². The first-order chi connectivity index (χ1) is 14.5. The highest BCUT2D eigenvalue weighted by Crippen LogP contribution is 2.35. The molecule has 0 aromatic heterocycles. The van der Waals surface area contributed by atoms with Gasteiger partial charge in [0.1, 0.15) is 6.61 Å². The Hall–Kier alpha value is -2.44. The summed E-state index contributed by atoms with van der Waals surface area (Å²) in [4.78, 5) is 26.4. The van der Waals surface area contributed by atoms with Crippen molar-refractivity contribution >= 4 is 40.6 Å². The Morgan fingerprint density at radius 1 is 1.07 bits per heavy atom. The molecule has 0 N–H and O–H groups in total. The van der Waals surface area contributed by atoms with Gasteiger partial charge in [-0.15, -0.1) is 0 Å². The first kappa shape index (κ1) is 22.2. The van der Waals surface area contributed by atoms with Crippen molar-refractivity contribution in [2.45, 2.75) is 33.3 Å². The number of carbonyl (C=O) groups is 2. The fourth-order valence-electron chi connectivity index (χ4n) is 2.95. The number of thioether (sulfide) groups is 1. The number of unbranched alkanes of at least 4 members (excludes halogenated alkanes) is 1. The third-order valence-electron chi connectivity index (χ3n) is 4.46. The van der Waals surface area contributed by atoms with Crippen molar-refractivity contribution in [1.82, 2.24) is 4.90 Å². The molecule has 0 spiro atoms. The number of ether oxygens (including phenoxy) is 2. The highest BCUT2D eigenvalue weighted by Gasteiger charge is 2.34. The van der Waals surface area contributed by atoms with Crippen LogP contribution in [-0.4, -0.2) is 29.2 Å². The van der Waals surface area contributed by atoms with Crippen LogP contribution in [0.3, 0.4) is 0 Å². The predicted octanol–water partition coefficient (Wildman–Crippen LogP) is 6.15. The average Bonchev–Trinajstić information content (AvgIpc) is 2.99. The molecule has 2 aromatic carbocycles. The third-order valence-corrected chi connectivity index (χ3v) is 5.60. The molecule has 2 aromatic rings. The molecule has 3 rings (SSSR count). The molecule has 1 aliphatic rings. The first-order valence-electron chi connectivity index (χ1n) is 9.91. The highest BCUT2D eigenvalue weighted by molar-refractivity contribution is 8.18. The van der Waals surface area contributed by atoms with Gasteiger partial charge in [-0.1, -0.05) is 43.1 Å². The van der Waals surface area contributed by atoms with Gasteiger partial charge in [0.05, 0.1) is 11.5 Å².